The molecule has 2 N–H and O–H groups in total. The van der Waals surface area contributed by atoms with Crippen molar-refractivity contribution in [2.45, 2.75) is 39.3 Å². The quantitative estimate of drug-likeness (QED) is 0.845. The van der Waals surface area contributed by atoms with Gasteiger partial charge in [0.1, 0.15) is 0 Å². The Kier molecular flexibility index (Phi) is 4.51. The van der Waals surface area contributed by atoms with Gasteiger partial charge in [0.2, 0.25) is 0 Å². The first-order valence-electron chi connectivity index (χ1n) is 5.91. The van der Waals surface area contributed by atoms with Crippen molar-refractivity contribution in [3.8, 4) is 0 Å². The summed E-state index contributed by atoms with van der Waals surface area (Å²) in [6.45, 7) is 6.38. The molecule has 2 heteroatoms. The van der Waals surface area contributed by atoms with Gasteiger partial charge in [0.05, 0.1) is 0 Å². The monoisotopic (exact) mass is 220 g/mol. The molecule has 16 heavy (non-hydrogen) atoms. The number of hydrogen-bond donors (Lipinski definition) is 1. The fourth-order valence-corrected chi connectivity index (χ4v) is 2.17. The molecule has 0 aromatic heterocycles. The Morgan fingerprint density at radius 3 is 2.31 bits per heavy atom. The van der Waals surface area contributed by atoms with Crippen molar-refractivity contribution in [2.75, 3.05) is 14.1 Å². The van der Waals surface area contributed by atoms with E-state index in [9.17, 15) is 0 Å². The van der Waals surface area contributed by atoms with Crippen molar-refractivity contribution in [1.29, 1.82) is 0 Å². The minimum absolute atomic E-state index is 0.230. The standard InChI is InChI=1S/C14H24N2/c1-10-6-7-13(11(2)8-10)14(16(4)5)9-12(3)15/h6-8,12,14H,9,15H2,1-5H3. The first-order chi connectivity index (χ1) is 7.41. The summed E-state index contributed by atoms with van der Waals surface area (Å²) < 4.78 is 0. The molecule has 0 amide bonds. The van der Waals surface area contributed by atoms with Gasteiger partial charge in [-0.1, -0.05) is 23.8 Å². The predicted octanol–water partition coefficient (Wildman–Crippen LogP) is 2.64. The lowest BCUT2D eigenvalue weighted by molar-refractivity contribution is 0.271. The third kappa shape index (κ3) is 3.32. The van der Waals surface area contributed by atoms with Crippen LogP contribution in [0.15, 0.2) is 18.2 Å². The van der Waals surface area contributed by atoms with Crippen molar-refractivity contribution in [2.24, 2.45) is 5.73 Å². The molecule has 2 atom stereocenters. The SMILES string of the molecule is Cc1ccc(C(CC(C)N)N(C)C)c(C)c1. The van der Waals surface area contributed by atoms with Crippen molar-refractivity contribution in [1.82, 2.24) is 4.90 Å². The lowest BCUT2D eigenvalue weighted by Gasteiger charge is -2.28. The second-order valence-corrected chi connectivity index (χ2v) is 5.05. The van der Waals surface area contributed by atoms with E-state index in [2.05, 4.69) is 58.0 Å². The van der Waals surface area contributed by atoms with Gasteiger partial charge >= 0.3 is 0 Å². The zero-order valence-electron chi connectivity index (χ0n) is 11.1. The molecule has 0 saturated carbocycles. The van der Waals surface area contributed by atoms with Crippen LogP contribution >= 0.6 is 0 Å². The minimum Gasteiger partial charge on any atom is -0.328 e. The van der Waals surface area contributed by atoms with Crippen LogP contribution in [0, 0.1) is 13.8 Å². The lowest BCUT2D eigenvalue weighted by atomic mass is 9.94. The van der Waals surface area contributed by atoms with E-state index in [1.165, 1.54) is 16.7 Å². The molecule has 0 aliphatic carbocycles. The van der Waals surface area contributed by atoms with Crippen LogP contribution in [0.4, 0.5) is 0 Å². The van der Waals surface area contributed by atoms with Crippen molar-refractivity contribution < 1.29 is 0 Å². The van der Waals surface area contributed by atoms with Crippen LogP contribution in [-0.4, -0.2) is 25.0 Å². The largest absolute Gasteiger partial charge is 0.328 e. The average molecular weight is 220 g/mol. The Bertz CT molecular complexity index is 343. The van der Waals surface area contributed by atoms with Gasteiger partial charge in [0, 0.05) is 12.1 Å². The summed E-state index contributed by atoms with van der Waals surface area (Å²) in [6, 6.07) is 7.30. The summed E-state index contributed by atoms with van der Waals surface area (Å²) in [5.41, 5.74) is 10.00. The van der Waals surface area contributed by atoms with Crippen molar-refractivity contribution in [3.05, 3.63) is 34.9 Å². The van der Waals surface area contributed by atoms with E-state index in [4.69, 9.17) is 5.73 Å². The normalized spacial score (nSPS) is 15.2. The number of nitrogens with zero attached hydrogens (tertiary/aromatic N) is 1. The van der Waals surface area contributed by atoms with Gasteiger partial charge in [0.25, 0.3) is 0 Å². The summed E-state index contributed by atoms with van der Waals surface area (Å²) >= 11 is 0. The Morgan fingerprint density at radius 1 is 1.25 bits per heavy atom. The third-order valence-electron chi connectivity index (χ3n) is 3.00. The zero-order valence-corrected chi connectivity index (χ0v) is 11.1. The number of hydrogen-bond acceptors (Lipinski definition) is 2. The van der Waals surface area contributed by atoms with E-state index in [0.717, 1.165) is 6.42 Å². The van der Waals surface area contributed by atoms with E-state index < -0.39 is 0 Å². The molecule has 0 bridgehead atoms. The highest BCUT2D eigenvalue weighted by Crippen LogP contribution is 2.26. The molecule has 0 heterocycles. The van der Waals surface area contributed by atoms with E-state index in [1.807, 2.05) is 0 Å². The first-order valence-corrected chi connectivity index (χ1v) is 5.91. The van der Waals surface area contributed by atoms with Crippen LogP contribution < -0.4 is 5.73 Å². The van der Waals surface area contributed by atoms with Crippen LogP contribution in [0.1, 0.15) is 36.1 Å². The fourth-order valence-electron chi connectivity index (χ4n) is 2.17. The molecule has 1 aromatic carbocycles. The summed E-state index contributed by atoms with van der Waals surface area (Å²) in [6.07, 6.45) is 0.997. The van der Waals surface area contributed by atoms with Crippen molar-refractivity contribution >= 4 is 0 Å². The number of rotatable bonds is 4. The van der Waals surface area contributed by atoms with Crippen LogP contribution in [0.5, 0.6) is 0 Å². The smallest absolute Gasteiger partial charge is 0.0359 e. The molecule has 0 saturated heterocycles. The molecule has 0 radical (unpaired) electrons. The molecule has 2 unspecified atom stereocenters. The molecule has 1 aromatic rings. The average Bonchev–Trinajstić information content (AvgIpc) is 2.14. The highest BCUT2D eigenvalue weighted by Gasteiger charge is 2.17. The van der Waals surface area contributed by atoms with Crippen LogP contribution in [0.2, 0.25) is 0 Å². The topological polar surface area (TPSA) is 29.3 Å². The van der Waals surface area contributed by atoms with Crippen LogP contribution in [-0.2, 0) is 0 Å². The maximum absolute atomic E-state index is 5.92. The Morgan fingerprint density at radius 2 is 1.88 bits per heavy atom. The zero-order chi connectivity index (χ0) is 12.3. The molecular formula is C14H24N2. The van der Waals surface area contributed by atoms with E-state index in [-0.39, 0.29) is 6.04 Å². The van der Waals surface area contributed by atoms with Crippen LogP contribution in [0.25, 0.3) is 0 Å². The second kappa shape index (κ2) is 5.46. The van der Waals surface area contributed by atoms with Gasteiger partial charge in [-0.25, -0.2) is 0 Å². The van der Waals surface area contributed by atoms with Gasteiger partial charge in [0.15, 0.2) is 0 Å². The number of benzene rings is 1. The predicted molar refractivity (Wildman–Crippen MR) is 70.6 cm³/mol. The second-order valence-electron chi connectivity index (χ2n) is 5.05. The summed E-state index contributed by atoms with van der Waals surface area (Å²) in [7, 11) is 4.23. The molecule has 0 aliphatic heterocycles. The molecule has 90 valence electrons. The molecular weight excluding hydrogens is 196 g/mol. The van der Waals surface area contributed by atoms with Gasteiger partial charge in [-0.3, -0.25) is 0 Å². The molecule has 0 aliphatic rings. The Labute approximate surface area is 99.5 Å². The Balaban J connectivity index is 3.01. The molecule has 0 spiro atoms. The summed E-state index contributed by atoms with van der Waals surface area (Å²) in [5, 5.41) is 0. The fraction of sp³-hybridized carbons (Fsp3) is 0.571. The molecule has 2 nitrogen and oxygen atoms in total. The maximum atomic E-state index is 5.92. The van der Waals surface area contributed by atoms with E-state index >= 15 is 0 Å². The highest BCUT2D eigenvalue weighted by molar-refractivity contribution is 5.32. The van der Waals surface area contributed by atoms with E-state index in [0.29, 0.717) is 6.04 Å². The summed E-state index contributed by atoms with van der Waals surface area (Å²) in [4.78, 5) is 2.25. The molecule has 0 fully saturated rings. The van der Waals surface area contributed by atoms with Crippen molar-refractivity contribution in [3.63, 3.8) is 0 Å². The van der Waals surface area contributed by atoms with Gasteiger partial charge in [-0.2, -0.15) is 0 Å². The van der Waals surface area contributed by atoms with Gasteiger partial charge in [-0.15, -0.1) is 0 Å². The number of aryl methyl sites for hydroxylation is 2. The van der Waals surface area contributed by atoms with Gasteiger partial charge in [-0.05, 0) is 52.4 Å². The minimum atomic E-state index is 0.230. The Hall–Kier alpha value is -0.860. The van der Waals surface area contributed by atoms with E-state index in [1.54, 1.807) is 0 Å². The third-order valence-corrected chi connectivity index (χ3v) is 3.00. The molecule has 1 rings (SSSR count). The highest BCUT2D eigenvalue weighted by atomic mass is 15.1. The maximum Gasteiger partial charge on any atom is 0.0359 e. The first kappa shape index (κ1) is 13.2. The lowest BCUT2D eigenvalue weighted by Crippen LogP contribution is -2.28. The number of nitrogens with two attached hydrogens (primary N) is 1. The van der Waals surface area contributed by atoms with Crippen LogP contribution in [0.3, 0.4) is 0 Å². The summed E-state index contributed by atoms with van der Waals surface area (Å²) in [5.74, 6) is 0. The van der Waals surface area contributed by atoms with Gasteiger partial charge < -0.3 is 10.6 Å².